The fraction of sp³-hybridized carbons (Fsp3) is 0.500. The molecular formula is C14H16BrNO3. The fourth-order valence-electron chi connectivity index (χ4n) is 2.49. The minimum Gasteiger partial charge on any atom is -0.469 e. The summed E-state index contributed by atoms with van der Waals surface area (Å²) in [5.74, 6) is -0.148. The first-order chi connectivity index (χ1) is 9.11. The van der Waals surface area contributed by atoms with Crippen LogP contribution in [0.15, 0.2) is 22.8 Å². The number of rotatable bonds is 3. The molecule has 0 radical (unpaired) electrons. The monoisotopic (exact) mass is 325 g/mol. The van der Waals surface area contributed by atoms with E-state index in [0.717, 1.165) is 30.2 Å². The first-order valence-corrected chi connectivity index (χ1v) is 7.14. The number of Topliss-reactive ketones (excluding diaryl/α,β-unsaturated/α-hetero) is 1. The van der Waals surface area contributed by atoms with Gasteiger partial charge >= 0.3 is 5.97 Å². The Labute approximate surface area is 120 Å². The van der Waals surface area contributed by atoms with Gasteiger partial charge in [-0.25, -0.2) is 0 Å². The second-order valence-electron chi connectivity index (χ2n) is 4.80. The number of esters is 1. The summed E-state index contributed by atoms with van der Waals surface area (Å²) in [4.78, 5) is 27.8. The van der Waals surface area contributed by atoms with E-state index in [1.807, 2.05) is 6.07 Å². The van der Waals surface area contributed by atoms with Gasteiger partial charge in [0.2, 0.25) is 0 Å². The van der Waals surface area contributed by atoms with Crippen molar-refractivity contribution in [1.82, 2.24) is 4.98 Å². The van der Waals surface area contributed by atoms with Gasteiger partial charge in [-0.1, -0.05) is 0 Å². The molecular weight excluding hydrogens is 310 g/mol. The van der Waals surface area contributed by atoms with Crippen molar-refractivity contribution >= 4 is 27.7 Å². The lowest BCUT2D eigenvalue weighted by atomic mass is 9.79. The highest BCUT2D eigenvalue weighted by Gasteiger charge is 2.31. The van der Waals surface area contributed by atoms with Crippen LogP contribution in [0.3, 0.4) is 0 Å². The third-order valence-corrected chi connectivity index (χ3v) is 4.08. The van der Waals surface area contributed by atoms with Crippen LogP contribution in [0, 0.1) is 11.8 Å². The molecule has 1 heterocycles. The Kier molecular flexibility index (Phi) is 4.69. The van der Waals surface area contributed by atoms with Gasteiger partial charge in [-0.3, -0.25) is 14.6 Å². The molecule has 0 amide bonds. The molecule has 0 unspecified atom stereocenters. The molecule has 1 saturated carbocycles. The lowest BCUT2D eigenvalue weighted by molar-refractivity contribution is -0.146. The van der Waals surface area contributed by atoms with Crippen LogP contribution < -0.4 is 0 Å². The average molecular weight is 326 g/mol. The van der Waals surface area contributed by atoms with Crippen LogP contribution in [0.25, 0.3) is 0 Å². The molecule has 1 aromatic rings. The molecule has 0 spiro atoms. The molecule has 1 fully saturated rings. The molecule has 1 aliphatic rings. The van der Waals surface area contributed by atoms with Crippen LogP contribution >= 0.6 is 15.9 Å². The molecule has 1 aliphatic carbocycles. The van der Waals surface area contributed by atoms with E-state index < -0.39 is 0 Å². The molecule has 0 bridgehead atoms. The van der Waals surface area contributed by atoms with E-state index >= 15 is 0 Å². The molecule has 0 aromatic carbocycles. The number of methoxy groups -OCH3 is 1. The number of ketones is 1. The van der Waals surface area contributed by atoms with Crippen molar-refractivity contribution in [1.29, 1.82) is 0 Å². The molecule has 19 heavy (non-hydrogen) atoms. The van der Waals surface area contributed by atoms with Crippen LogP contribution in [-0.2, 0) is 9.53 Å². The summed E-state index contributed by atoms with van der Waals surface area (Å²) in [6.07, 6.45) is 4.54. The molecule has 0 saturated heterocycles. The van der Waals surface area contributed by atoms with E-state index in [1.54, 1.807) is 12.3 Å². The maximum atomic E-state index is 12.3. The third kappa shape index (κ3) is 3.41. The summed E-state index contributed by atoms with van der Waals surface area (Å²) >= 11 is 3.30. The van der Waals surface area contributed by atoms with Crippen LogP contribution in [0.4, 0.5) is 0 Å². The number of hydrogen-bond acceptors (Lipinski definition) is 4. The van der Waals surface area contributed by atoms with Gasteiger partial charge in [0, 0.05) is 16.6 Å². The Hall–Kier alpha value is -1.23. The Balaban J connectivity index is 1.96. The summed E-state index contributed by atoms with van der Waals surface area (Å²) < 4.78 is 5.60. The Bertz CT molecular complexity index is 464. The van der Waals surface area contributed by atoms with Crippen molar-refractivity contribution < 1.29 is 14.3 Å². The molecule has 5 heteroatoms. The van der Waals surface area contributed by atoms with Crippen LogP contribution in [0.2, 0.25) is 0 Å². The Morgan fingerprint density at radius 2 is 1.84 bits per heavy atom. The zero-order valence-electron chi connectivity index (χ0n) is 10.8. The number of hydrogen-bond donors (Lipinski definition) is 0. The van der Waals surface area contributed by atoms with Crippen molar-refractivity contribution in [2.75, 3.05) is 7.11 Å². The van der Waals surface area contributed by atoms with Crippen molar-refractivity contribution in [2.45, 2.75) is 25.7 Å². The van der Waals surface area contributed by atoms with E-state index in [-0.39, 0.29) is 23.6 Å². The maximum absolute atomic E-state index is 12.3. The zero-order valence-corrected chi connectivity index (χ0v) is 12.4. The van der Waals surface area contributed by atoms with Crippen molar-refractivity contribution in [3.63, 3.8) is 0 Å². The van der Waals surface area contributed by atoms with Crippen LogP contribution in [0.1, 0.15) is 36.2 Å². The number of aromatic nitrogens is 1. The first-order valence-electron chi connectivity index (χ1n) is 6.35. The largest absolute Gasteiger partial charge is 0.469 e. The number of nitrogens with zero attached hydrogens (tertiary/aromatic N) is 1. The molecule has 4 nitrogen and oxygen atoms in total. The van der Waals surface area contributed by atoms with Gasteiger partial charge in [0.1, 0.15) is 5.69 Å². The molecule has 0 N–H and O–H groups in total. The first kappa shape index (κ1) is 14.2. The van der Waals surface area contributed by atoms with E-state index in [0.29, 0.717) is 5.69 Å². The minimum absolute atomic E-state index is 0.0189. The molecule has 0 aliphatic heterocycles. The highest BCUT2D eigenvalue weighted by Crippen LogP contribution is 2.31. The van der Waals surface area contributed by atoms with Gasteiger partial charge in [-0.05, 0) is 53.7 Å². The minimum atomic E-state index is -0.160. The predicted octanol–water partition coefficient (Wildman–Crippen LogP) is 3.01. The Morgan fingerprint density at radius 3 is 2.37 bits per heavy atom. The van der Waals surface area contributed by atoms with E-state index in [2.05, 4.69) is 20.9 Å². The highest BCUT2D eigenvalue weighted by atomic mass is 79.9. The average Bonchev–Trinajstić information content (AvgIpc) is 2.46. The molecule has 2 rings (SSSR count). The van der Waals surface area contributed by atoms with Gasteiger partial charge in [0.05, 0.1) is 13.0 Å². The van der Waals surface area contributed by atoms with Crippen LogP contribution in [0.5, 0.6) is 0 Å². The number of carbonyl (C=O) groups excluding carboxylic acids is 2. The smallest absolute Gasteiger partial charge is 0.308 e. The standard InChI is InChI=1S/C14H16BrNO3/c1-19-14(18)10-4-2-9(3-5-10)13(17)12-7-6-11(15)8-16-12/h6-10H,2-5H2,1H3/t9-,10+. The second-order valence-corrected chi connectivity index (χ2v) is 5.71. The lowest BCUT2D eigenvalue weighted by Gasteiger charge is -2.25. The van der Waals surface area contributed by atoms with Gasteiger partial charge in [0.25, 0.3) is 0 Å². The third-order valence-electron chi connectivity index (χ3n) is 3.61. The van der Waals surface area contributed by atoms with Crippen LogP contribution in [-0.4, -0.2) is 23.8 Å². The number of carbonyl (C=O) groups is 2. The topological polar surface area (TPSA) is 56.3 Å². The van der Waals surface area contributed by atoms with E-state index in [1.165, 1.54) is 7.11 Å². The zero-order chi connectivity index (χ0) is 13.8. The summed E-state index contributed by atoms with van der Waals surface area (Å²) in [6.45, 7) is 0. The fourth-order valence-corrected chi connectivity index (χ4v) is 2.72. The van der Waals surface area contributed by atoms with Gasteiger partial charge in [-0.15, -0.1) is 0 Å². The van der Waals surface area contributed by atoms with Gasteiger partial charge < -0.3 is 4.74 Å². The number of halogens is 1. The van der Waals surface area contributed by atoms with Crippen molar-refractivity contribution in [3.8, 4) is 0 Å². The SMILES string of the molecule is COC(=O)[C@H]1CC[C@@H](C(=O)c2ccc(Br)cn2)CC1. The number of pyridine rings is 1. The molecule has 0 atom stereocenters. The highest BCUT2D eigenvalue weighted by molar-refractivity contribution is 9.10. The predicted molar refractivity (Wildman–Crippen MR) is 73.7 cm³/mol. The summed E-state index contributed by atoms with van der Waals surface area (Å²) in [5, 5.41) is 0. The Morgan fingerprint density at radius 1 is 1.21 bits per heavy atom. The second kappa shape index (κ2) is 6.28. The van der Waals surface area contributed by atoms with Gasteiger partial charge in [0.15, 0.2) is 5.78 Å². The molecule has 102 valence electrons. The molecule has 1 aromatic heterocycles. The normalized spacial score (nSPS) is 22.8. The van der Waals surface area contributed by atoms with E-state index in [4.69, 9.17) is 4.74 Å². The van der Waals surface area contributed by atoms with Crippen molar-refractivity contribution in [2.24, 2.45) is 11.8 Å². The quantitative estimate of drug-likeness (QED) is 0.633. The number of ether oxygens (including phenoxy) is 1. The van der Waals surface area contributed by atoms with Gasteiger partial charge in [-0.2, -0.15) is 0 Å². The summed E-state index contributed by atoms with van der Waals surface area (Å²) in [6, 6.07) is 3.55. The van der Waals surface area contributed by atoms with E-state index in [9.17, 15) is 9.59 Å². The summed E-state index contributed by atoms with van der Waals surface area (Å²) in [5.41, 5.74) is 0.504. The summed E-state index contributed by atoms with van der Waals surface area (Å²) in [7, 11) is 1.41. The maximum Gasteiger partial charge on any atom is 0.308 e. The lowest BCUT2D eigenvalue weighted by Crippen LogP contribution is -2.27. The van der Waals surface area contributed by atoms with Crippen molar-refractivity contribution in [3.05, 3.63) is 28.5 Å².